The standard InChI is InChI=1S/C3H6O2.H2O2/c1-2-5-3-4-1;1-2/h1-3H2;1-2H. The van der Waals surface area contributed by atoms with Gasteiger partial charge in [-0.3, -0.25) is 10.5 Å². The van der Waals surface area contributed by atoms with Gasteiger partial charge >= 0.3 is 0 Å². The van der Waals surface area contributed by atoms with Crippen LogP contribution >= 0.6 is 0 Å². The second-order valence-corrected chi connectivity index (χ2v) is 0.934. The summed E-state index contributed by atoms with van der Waals surface area (Å²) >= 11 is 0. The van der Waals surface area contributed by atoms with Crippen LogP contribution in [0.25, 0.3) is 0 Å². The van der Waals surface area contributed by atoms with E-state index in [9.17, 15) is 0 Å². The molecule has 0 aromatic rings. The molecule has 1 heterocycles. The Morgan fingerprint density at radius 3 is 1.57 bits per heavy atom. The molecule has 2 N–H and O–H groups in total. The van der Waals surface area contributed by atoms with Crippen molar-refractivity contribution in [1.82, 2.24) is 0 Å². The van der Waals surface area contributed by atoms with Crippen LogP contribution in [0, 0.1) is 0 Å². The molecule has 1 rings (SSSR count). The average Bonchev–Trinajstić information content (AvgIpc) is 2.23. The summed E-state index contributed by atoms with van der Waals surface area (Å²) in [5, 5.41) is 12.0. The van der Waals surface area contributed by atoms with Crippen LogP contribution in [-0.4, -0.2) is 30.5 Å². The Labute approximate surface area is 41.2 Å². The van der Waals surface area contributed by atoms with Gasteiger partial charge < -0.3 is 9.47 Å². The molecule has 0 amide bonds. The molecular formula is C3H8O4. The maximum absolute atomic E-state index is 6.00. The van der Waals surface area contributed by atoms with E-state index in [4.69, 9.17) is 20.0 Å². The monoisotopic (exact) mass is 108 g/mol. The fourth-order valence-electron chi connectivity index (χ4n) is 0.295. The maximum Gasteiger partial charge on any atom is 0.146 e. The maximum atomic E-state index is 6.00. The zero-order chi connectivity index (χ0) is 5.54. The number of hydrogen-bond donors (Lipinski definition) is 2. The molecule has 44 valence electrons. The topological polar surface area (TPSA) is 58.9 Å². The molecule has 1 aliphatic rings. The van der Waals surface area contributed by atoms with Gasteiger partial charge in [0, 0.05) is 0 Å². The number of hydrogen-bond acceptors (Lipinski definition) is 4. The van der Waals surface area contributed by atoms with Gasteiger partial charge in [-0.25, -0.2) is 0 Å². The first-order chi connectivity index (χ1) is 3.50. The van der Waals surface area contributed by atoms with Gasteiger partial charge in [0.1, 0.15) is 6.79 Å². The van der Waals surface area contributed by atoms with E-state index in [0.717, 1.165) is 13.2 Å². The van der Waals surface area contributed by atoms with Crippen molar-refractivity contribution in [3.05, 3.63) is 0 Å². The Bertz CT molecular complexity index is 18.5. The van der Waals surface area contributed by atoms with Crippen LogP contribution in [0.2, 0.25) is 0 Å². The van der Waals surface area contributed by atoms with Gasteiger partial charge in [-0.1, -0.05) is 0 Å². The third kappa shape index (κ3) is 3.68. The van der Waals surface area contributed by atoms with Gasteiger partial charge in [-0.05, 0) is 0 Å². The van der Waals surface area contributed by atoms with Crippen LogP contribution in [0.3, 0.4) is 0 Å². The number of ether oxygens (including phenoxy) is 2. The summed E-state index contributed by atoms with van der Waals surface area (Å²) in [5.74, 6) is 0. The summed E-state index contributed by atoms with van der Waals surface area (Å²) in [6.45, 7) is 2.06. The summed E-state index contributed by atoms with van der Waals surface area (Å²) in [7, 11) is 0. The Hall–Kier alpha value is -0.160. The highest BCUT2D eigenvalue weighted by Crippen LogP contribution is 1.85. The molecule has 0 unspecified atom stereocenters. The van der Waals surface area contributed by atoms with Crippen LogP contribution < -0.4 is 0 Å². The Morgan fingerprint density at radius 1 is 1.00 bits per heavy atom. The van der Waals surface area contributed by atoms with Crippen molar-refractivity contribution in [3.63, 3.8) is 0 Å². The van der Waals surface area contributed by atoms with Crippen molar-refractivity contribution >= 4 is 0 Å². The van der Waals surface area contributed by atoms with Crippen molar-refractivity contribution in [2.45, 2.75) is 0 Å². The summed E-state index contributed by atoms with van der Waals surface area (Å²) < 4.78 is 9.44. The first-order valence-electron chi connectivity index (χ1n) is 1.85. The lowest BCUT2D eigenvalue weighted by molar-refractivity contribution is -0.176. The predicted octanol–water partition coefficient (Wildman–Crippen LogP) is 0.00810. The molecule has 0 aromatic heterocycles. The van der Waals surface area contributed by atoms with Crippen LogP contribution in [-0.2, 0) is 9.47 Å². The molecular weight excluding hydrogens is 100 g/mol. The summed E-state index contributed by atoms with van der Waals surface area (Å²) in [6.07, 6.45) is 0. The molecule has 0 aliphatic carbocycles. The highest BCUT2D eigenvalue weighted by atomic mass is 17.0. The quantitative estimate of drug-likeness (QED) is 0.339. The lowest BCUT2D eigenvalue weighted by Gasteiger charge is -1.76. The van der Waals surface area contributed by atoms with Gasteiger partial charge in [-0.15, -0.1) is 0 Å². The first-order valence-corrected chi connectivity index (χ1v) is 1.85. The molecule has 0 bridgehead atoms. The van der Waals surface area contributed by atoms with E-state index in [-0.39, 0.29) is 0 Å². The lowest BCUT2D eigenvalue weighted by atomic mass is 10.8. The summed E-state index contributed by atoms with van der Waals surface area (Å²) in [6, 6.07) is 0. The van der Waals surface area contributed by atoms with Gasteiger partial charge in [-0.2, -0.15) is 0 Å². The molecule has 1 saturated heterocycles. The molecule has 4 nitrogen and oxygen atoms in total. The average molecular weight is 108 g/mol. The largest absolute Gasteiger partial charge is 0.353 e. The molecule has 0 aromatic carbocycles. The molecule has 1 fully saturated rings. The van der Waals surface area contributed by atoms with Gasteiger partial charge in [0.25, 0.3) is 0 Å². The number of rotatable bonds is 0. The van der Waals surface area contributed by atoms with Crippen molar-refractivity contribution in [1.29, 1.82) is 0 Å². The molecule has 0 atom stereocenters. The Kier molecular flexibility index (Phi) is 5.71. The van der Waals surface area contributed by atoms with Crippen molar-refractivity contribution in [3.8, 4) is 0 Å². The van der Waals surface area contributed by atoms with Crippen molar-refractivity contribution in [2.75, 3.05) is 20.0 Å². The van der Waals surface area contributed by atoms with E-state index in [1.807, 2.05) is 0 Å². The first kappa shape index (κ1) is 6.84. The van der Waals surface area contributed by atoms with Crippen LogP contribution in [0.15, 0.2) is 0 Å². The van der Waals surface area contributed by atoms with E-state index in [2.05, 4.69) is 0 Å². The van der Waals surface area contributed by atoms with Crippen molar-refractivity contribution < 1.29 is 20.0 Å². The second-order valence-electron chi connectivity index (χ2n) is 0.934. The van der Waals surface area contributed by atoms with E-state index < -0.39 is 0 Å². The molecule has 0 saturated carbocycles. The minimum absolute atomic E-state index is 0.500. The molecule has 4 heteroatoms. The molecule has 0 radical (unpaired) electrons. The Morgan fingerprint density at radius 2 is 1.43 bits per heavy atom. The third-order valence-corrected chi connectivity index (χ3v) is 0.539. The van der Waals surface area contributed by atoms with Gasteiger partial charge in [0.15, 0.2) is 0 Å². The van der Waals surface area contributed by atoms with Gasteiger partial charge in [0.2, 0.25) is 0 Å². The fourth-order valence-corrected chi connectivity index (χ4v) is 0.295. The highest BCUT2D eigenvalue weighted by Gasteiger charge is 1.93. The zero-order valence-electron chi connectivity index (χ0n) is 3.83. The van der Waals surface area contributed by atoms with Crippen LogP contribution in [0.1, 0.15) is 0 Å². The van der Waals surface area contributed by atoms with E-state index in [1.165, 1.54) is 0 Å². The van der Waals surface area contributed by atoms with E-state index >= 15 is 0 Å². The Balaban J connectivity index is 0.000000162. The second kappa shape index (κ2) is 5.84. The minimum atomic E-state index is 0.500. The minimum Gasteiger partial charge on any atom is -0.353 e. The zero-order valence-corrected chi connectivity index (χ0v) is 3.83. The molecule has 0 spiro atoms. The van der Waals surface area contributed by atoms with E-state index in [0.29, 0.717) is 6.79 Å². The normalized spacial score (nSPS) is 18.0. The van der Waals surface area contributed by atoms with Gasteiger partial charge in [0.05, 0.1) is 13.2 Å². The summed E-state index contributed by atoms with van der Waals surface area (Å²) in [5.41, 5.74) is 0. The fraction of sp³-hybridized carbons (Fsp3) is 1.00. The van der Waals surface area contributed by atoms with Crippen molar-refractivity contribution in [2.24, 2.45) is 0 Å². The molecule has 7 heavy (non-hydrogen) atoms. The van der Waals surface area contributed by atoms with Crippen LogP contribution in [0.5, 0.6) is 0 Å². The molecule has 1 aliphatic heterocycles. The van der Waals surface area contributed by atoms with Crippen LogP contribution in [0.4, 0.5) is 0 Å². The van der Waals surface area contributed by atoms with E-state index in [1.54, 1.807) is 0 Å². The lowest BCUT2D eigenvalue weighted by Crippen LogP contribution is -1.79. The summed E-state index contributed by atoms with van der Waals surface area (Å²) in [4.78, 5) is 0. The highest BCUT2D eigenvalue weighted by molar-refractivity contribution is 4.28. The smallest absolute Gasteiger partial charge is 0.146 e. The third-order valence-electron chi connectivity index (χ3n) is 0.539. The predicted molar refractivity (Wildman–Crippen MR) is 22.0 cm³/mol. The SMILES string of the molecule is C1COCO1.OO.